The van der Waals surface area contributed by atoms with Gasteiger partial charge in [0.25, 0.3) is 12.4 Å². The van der Waals surface area contributed by atoms with Crippen molar-refractivity contribution in [3.63, 3.8) is 0 Å². The Balaban J connectivity index is -0.000000273. The van der Waals surface area contributed by atoms with Crippen LogP contribution in [0.25, 0.3) is 0 Å². The van der Waals surface area contributed by atoms with Crippen molar-refractivity contribution < 1.29 is 318 Å². The molecule has 0 radical (unpaired) electrons. The Kier molecular flexibility index (Phi) is 65.2. The first-order chi connectivity index (χ1) is 59.1. The van der Waals surface area contributed by atoms with E-state index in [0.29, 0.717) is 56.0 Å². The monoisotopic (exact) mass is 2130 g/mol. The molecule has 0 aromatic heterocycles. The van der Waals surface area contributed by atoms with Gasteiger partial charge in [0.05, 0.1) is 73.5 Å². The number of nitrogens with two attached hydrogens (primary N) is 2. The number of fused-ring (bicyclic) bond motifs is 2. The van der Waals surface area contributed by atoms with Crippen LogP contribution in [0.4, 0.5) is 37.2 Å². The minimum atomic E-state index is -1.12. The minimum absolute atomic E-state index is 0. The van der Waals surface area contributed by atoms with E-state index in [9.17, 15) is 77.0 Å². The zero-order valence-corrected chi connectivity index (χ0v) is 84.4. The molecule has 0 spiro atoms. The second kappa shape index (κ2) is 68.6. The summed E-state index contributed by atoms with van der Waals surface area (Å²) in [4.78, 5) is 144. The summed E-state index contributed by atoms with van der Waals surface area (Å²) in [5, 5.41) is 75.4. The Labute approximate surface area is 880 Å². The van der Waals surface area contributed by atoms with Crippen molar-refractivity contribution in [3.8, 4) is 51.7 Å². The van der Waals surface area contributed by atoms with Crippen LogP contribution >= 0.6 is 22.6 Å². The molecule has 10 aromatic rings. The Hall–Kier alpha value is -10.5. The number of nitrogens with zero attached hydrogens (tertiary/aromatic N) is 2. The second-order valence-corrected chi connectivity index (χ2v) is 23.0. The number of nitro groups is 2. The van der Waals surface area contributed by atoms with Crippen molar-refractivity contribution in [2.75, 3.05) is 70.5 Å². The van der Waals surface area contributed by atoms with Crippen molar-refractivity contribution in [2.45, 2.75) is 41.0 Å². The van der Waals surface area contributed by atoms with Gasteiger partial charge in [-0.2, -0.15) is 4.39 Å². The zero-order chi connectivity index (χ0) is 93.1. The number of aliphatic hydroxyl groups excluding tert-OH is 1. The van der Waals surface area contributed by atoms with Crippen molar-refractivity contribution in [1.82, 2.24) is 0 Å². The molecule has 12 rings (SSSR count). The average Bonchev–Trinajstić information content (AvgIpc) is 1.60. The number of nitrogen functional groups attached to an aromatic ring is 2. The predicted octanol–water partition coefficient (Wildman–Crippen LogP) is 5.44. The number of halogens is 3. The van der Waals surface area contributed by atoms with Crippen LogP contribution in [0.3, 0.4) is 0 Å². The fraction of sp³-hybridized carbons (Fsp3) is 0.165. The molecule has 1 fully saturated rings. The van der Waals surface area contributed by atoms with Crippen LogP contribution in [0, 0.1) is 26.0 Å². The number of methoxy groups -OCH3 is 3. The van der Waals surface area contributed by atoms with Crippen molar-refractivity contribution >= 4 is 117 Å². The number of benzene rings is 10. The number of ether oxygens (including phenoxy) is 8. The summed E-state index contributed by atoms with van der Waals surface area (Å²) in [6.07, 6.45) is 2.56. The normalized spacial score (nSPS) is 10.1. The quantitative estimate of drug-likeness (QED) is 0.00453. The van der Waals surface area contributed by atoms with Crippen molar-refractivity contribution in [1.29, 1.82) is 0 Å². The summed E-state index contributed by atoms with van der Waals surface area (Å²) in [6, 6.07) is 52.1. The van der Waals surface area contributed by atoms with E-state index >= 15 is 0 Å². The molecule has 672 valence electrons. The molecular formula is C85H91Cs2F2ILiN5O32. The third-order valence-electron chi connectivity index (χ3n) is 15.1. The average molecular weight is 2130 g/mol. The van der Waals surface area contributed by atoms with Gasteiger partial charge in [-0.3, -0.25) is 48.6 Å². The number of rotatable bonds is 18. The number of hydrogen-bond acceptors (Lipinski definition) is 29. The third kappa shape index (κ3) is 42.1. The fourth-order valence-electron chi connectivity index (χ4n) is 9.40. The van der Waals surface area contributed by atoms with Crippen molar-refractivity contribution in [3.05, 3.63) is 294 Å². The number of alkyl halides is 2. The molecule has 0 saturated carbocycles. The predicted molar refractivity (Wildman–Crippen MR) is 460 cm³/mol. The SMILES string of the molecule is C.C1CCOC1.CC(=O)c1ccc(F)c([N+](=O)[O-])c1.CO.COC(=O)c1ccccc1O.COC(=O)c1ccccc1Oc1ccc(C(C)=O)cc1N.COC(=O)c1ccccc1Oc1ccc(C(C)=O)cc1[N+](=O)[O-].Nc1cc(C(=O)O)ccc1Oc1ccccc1C(=O)O.O.O.O=C(O)c1ccc2c(c1)NC(=O)c1ccccc1O2.O=CO[O-].[2H]CF.[2H]CI.[Cs+].[Cs+].[H-].[H-].[Li+]. The number of Topliss-reactive ketones (excluding diaryl/α,β-unsaturated/α-hetero) is 3. The maximum absolute atomic E-state index is 12.7. The molecule has 1 amide bonds. The number of nitro benzene ring substituents is 2. The number of aliphatic hydroxyl groups is 1. The summed E-state index contributed by atoms with van der Waals surface area (Å²) >= 11 is 1.96. The van der Waals surface area contributed by atoms with E-state index in [1.807, 2.05) is 22.6 Å². The Morgan fingerprint density at radius 2 is 0.867 bits per heavy atom. The smallest absolute Gasteiger partial charge is 1.00 e. The zero-order valence-electron chi connectivity index (χ0n) is 73.7. The van der Waals surface area contributed by atoms with E-state index in [1.165, 1.54) is 146 Å². The van der Waals surface area contributed by atoms with Crippen LogP contribution in [-0.2, 0) is 28.6 Å². The first-order valence-electron chi connectivity index (χ1n) is 35.8. The molecule has 43 heteroatoms. The number of para-hydroxylation sites is 5. The van der Waals surface area contributed by atoms with Crippen molar-refractivity contribution in [2.24, 2.45) is 0 Å². The summed E-state index contributed by atoms with van der Waals surface area (Å²) in [5.74, 6) is -4.99. The minimum Gasteiger partial charge on any atom is -1.00 e. The summed E-state index contributed by atoms with van der Waals surface area (Å²) in [6.45, 7) is 5.85. The molecule has 2 aliphatic rings. The number of phenols is 1. The van der Waals surface area contributed by atoms with E-state index in [0.717, 1.165) is 38.5 Å². The summed E-state index contributed by atoms with van der Waals surface area (Å²) < 4.78 is 75.4. The number of esters is 3. The van der Waals surface area contributed by atoms with Crippen LogP contribution in [0.1, 0.15) is 150 Å². The summed E-state index contributed by atoms with van der Waals surface area (Å²) in [5.41, 5.74) is 13.3. The molecule has 1 saturated heterocycles. The molecule has 0 atom stereocenters. The molecular weight excluding hydrogens is 2040 g/mol. The number of anilines is 3. The first-order valence-corrected chi connectivity index (χ1v) is 35.9. The number of hydrogen-bond donors (Lipinski definition) is 8. The Bertz CT molecular complexity index is 5360. The number of carboxylic acid groups (broad SMARTS) is 3. The molecule has 37 nitrogen and oxygen atoms in total. The number of carbonyl (C=O) groups excluding carboxylic acids is 8. The molecule has 14 N–H and O–H groups in total. The largest absolute Gasteiger partial charge is 1.00 e. The molecule has 0 aliphatic carbocycles. The Morgan fingerprint density at radius 3 is 1.27 bits per heavy atom. The number of carbonyl (C=O) groups is 11. The van der Waals surface area contributed by atoms with Crippen LogP contribution in [0.5, 0.6) is 51.7 Å². The van der Waals surface area contributed by atoms with Gasteiger partial charge >= 0.3 is 204 Å². The fourth-order valence-corrected chi connectivity index (χ4v) is 9.40. The third-order valence-corrected chi connectivity index (χ3v) is 15.1. The molecule has 128 heavy (non-hydrogen) atoms. The van der Waals surface area contributed by atoms with Gasteiger partial charge in [-0.15, -0.1) is 0 Å². The van der Waals surface area contributed by atoms with E-state index in [-0.39, 0.29) is 287 Å². The van der Waals surface area contributed by atoms with Gasteiger partial charge in [0.15, 0.2) is 23.1 Å². The number of aromatic carboxylic acids is 3. The van der Waals surface area contributed by atoms with E-state index < -0.39 is 64.3 Å². The van der Waals surface area contributed by atoms with Gasteiger partial charge in [0.2, 0.25) is 11.6 Å². The standard InChI is InChI=1S/C16H13NO6.C16H15NO4.C14H11NO5.C14H9NO4.C8H6FNO3.C8H8O3.C4H8O.CH3F.CH3I.CH2O3.CH4O.CH4.2Cs.Li.2H2O.2H/c1-10(18)11-7-8-15(13(9-11)17(20)21)23-14-6-4-3-5-12(14)16(19)22-2;1-10(18)11-7-8-15(13(17)9-11)21-14-6-4-3-5-12(14)16(19)20-2;15-10-7-8(13(16)17)5-6-12(10)20-11-4-2-1-3-9(11)14(18)19;16-13-9-3-1-2-4-11(9)19-12-6-5-8(14(17)18)7-10(12)15-13;1-5(11)6-2-3-7(9)8(4-6)10(12)13;1-11-8(10)6-4-2-3-5-7(6)9;1-2-4-5-3-1;2*1-2;2-1-4-3;1-2;;;;;;;;/h3-9H,1-2H3;3-9H,17H2,1-2H3;1-7H,15H2,(H,16,17)(H,18,19);1-7H,(H,15,16)(H,17,18);2-4H,1H3;2-5,9H,1H3;1-4H2;2*1H3;1,3H;2H,1H3;1H4;;;;2*1H2;;/q;;;;;;;;;;;;3*+1;;;2*-1/p-1/i;;;;;;;2*1D;;;;;;;;;;. The van der Waals surface area contributed by atoms with Gasteiger partial charge in [-0.05, 0) is 178 Å². The molecule has 2 aliphatic heterocycles. The van der Waals surface area contributed by atoms with Gasteiger partial charge in [0, 0.05) is 50.5 Å². The van der Waals surface area contributed by atoms with Gasteiger partial charge < -0.3 is 104 Å². The van der Waals surface area contributed by atoms with E-state index in [4.69, 9.17) is 78.2 Å². The maximum atomic E-state index is 12.7. The van der Waals surface area contributed by atoms with Crippen LogP contribution in [0.2, 0.25) is 0 Å². The van der Waals surface area contributed by atoms with E-state index in [1.54, 1.807) is 103 Å². The first kappa shape index (κ1) is 122. The number of aromatic hydroxyl groups is 1. The van der Waals surface area contributed by atoms with Crippen LogP contribution in [-0.4, -0.2) is 166 Å². The molecule has 2 heterocycles. The molecule has 10 aromatic carbocycles. The second-order valence-electron chi connectivity index (χ2n) is 23.0. The van der Waals surface area contributed by atoms with E-state index in [2.05, 4.69) is 19.7 Å². The summed E-state index contributed by atoms with van der Waals surface area (Å²) in [7, 11) is 3.80. The number of carboxylic acids is 3. The van der Waals surface area contributed by atoms with Crippen LogP contribution in [0.15, 0.2) is 212 Å². The maximum Gasteiger partial charge on any atom is 1.00 e. The Morgan fingerprint density at radius 1 is 0.523 bits per heavy atom. The van der Waals surface area contributed by atoms with Gasteiger partial charge in [-0.25, -0.2) is 28.8 Å². The molecule has 0 unspecified atom stereocenters. The van der Waals surface area contributed by atoms with Crippen LogP contribution < -0.4 is 198 Å². The number of nitrogens with one attached hydrogen (secondary N) is 1. The van der Waals surface area contributed by atoms with Gasteiger partial charge in [-0.1, -0.05) is 90.7 Å². The molecule has 0 bridgehead atoms. The number of amides is 1. The number of ketones is 3. The topological polar surface area (TPSA) is 608 Å². The number of phenolic OH excluding ortho intramolecular Hbond substituents is 1. The van der Waals surface area contributed by atoms with Gasteiger partial charge in [0.1, 0.15) is 62.5 Å².